The number of rotatable bonds is 7. The Balaban J connectivity index is 2.70. The molecule has 0 atom stereocenters. The monoisotopic (exact) mass is 264 g/mol. The van der Waals surface area contributed by atoms with Crippen molar-refractivity contribution in [3.63, 3.8) is 0 Å². The van der Waals surface area contributed by atoms with E-state index in [1.165, 1.54) is 6.08 Å². The molecule has 104 valence electrons. The Kier molecular flexibility index (Phi) is 6.35. The van der Waals surface area contributed by atoms with Gasteiger partial charge in [0.1, 0.15) is 5.82 Å². The lowest BCUT2D eigenvalue weighted by atomic mass is 10.3. The fraction of sp³-hybridized carbons (Fsp3) is 0.462. The van der Waals surface area contributed by atoms with Crippen LogP contribution in [0.25, 0.3) is 6.08 Å². The van der Waals surface area contributed by atoms with Crippen LogP contribution in [0.5, 0.6) is 0 Å². The Morgan fingerprint density at radius 3 is 2.95 bits per heavy atom. The van der Waals surface area contributed by atoms with Gasteiger partial charge in [-0.3, -0.25) is 0 Å². The first kappa shape index (κ1) is 14.9. The third kappa shape index (κ3) is 5.85. The normalized spacial score (nSPS) is 10.6. The Bertz CT molecular complexity index is 446. The Hall–Kier alpha value is -2.11. The van der Waals surface area contributed by atoms with Crippen LogP contribution in [-0.2, 0) is 9.53 Å². The van der Waals surface area contributed by atoms with Gasteiger partial charge in [-0.1, -0.05) is 13.3 Å². The van der Waals surface area contributed by atoms with Gasteiger partial charge in [-0.2, -0.15) is 4.98 Å². The zero-order chi connectivity index (χ0) is 14.1. The zero-order valence-corrected chi connectivity index (χ0v) is 11.3. The molecule has 1 rings (SSSR count). The number of anilines is 2. The molecule has 19 heavy (non-hydrogen) atoms. The van der Waals surface area contributed by atoms with Crippen molar-refractivity contribution >= 4 is 23.8 Å². The summed E-state index contributed by atoms with van der Waals surface area (Å²) in [5.74, 6) is 0.426. The van der Waals surface area contributed by atoms with Crippen molar-refractivity contribution < 1.29 is 9.53 Å². The van der Waals surface area contributed by atoms with Crippen LogP contribution in [0.15, 0.2) is 12.1 Å². The second-order valence-corrected chi connectivity index (χ2v) is 3.90. The topological polar surface area (TPSA) is 90.1 Å². The highest BCUT2D eigenvalue weighted by Crippen LogP contribution is 2.10. The molecule has 0 spiro atoms. The molecule has 0 saturated heterocycles. The first-order valence-corrected chi connectivity index (χ1v) is 6.39. The molecule has 0 aromatic carbocycles. The summed E-state index contributed by atoms with van der Waals surface area (Å²) in [6.07, 6.45) is 5.03. The quantitative estimate of drug-likeness (QED) is 0.444. The van der Waals surface area contributed by atoms with E-state index in [1.807, 2.05) is 0 Å². The van der Waals surface area contributed by atoms with Gasteiger partial charge in [0.2, 0.25) is 5.95 Å². The summed E-state index contributed by atoms with van der Waals surface area (Å²) in [6.45, 7) is 5.04. The number of aromatic nitrogens is 2. The smallest absolute Gasteiger partial charge is 0.330 e. The Labute approximate surface area is 113 Å². The molecular weight excluding hydrogens is 244 g/mol. The molecule has 1 aromatic rings. The van der Waals surface area contributed by atoms with E-state index in [0.717, 1.165) is 19.4 Å². The number of nitrogens with zero attached hydrogens (tertiary/aromatic N) is 2. The third-order valence-electron chi connectivity index (χ3n) is 2.28. The maximum atomic E-state index is 11.2. The Morgan fingerprint density at radius 2 is 2.26 bits per heavy atom. The van der Waals surface area contributed by atoms with Crippen LogP contribution in [-0.4, -0.2) is 29.1 Å². The Morgan fingerprint density at radius 1 is 1.47 bits per heavy atom. The lowest BCUT2D eigenvalue weighted by Gasteiger charge is -2.06. The van der Waals surface area contributed by atoms with E-state index < -0.39 is 5.97 Å². The minimum absolute atomic E-state index is 0.171. The molecule has 0 radical (unpaired) electrons. The van der Waals surface area contributed by atoms with E-state index >= 15 is 0 Å². The van der Waals surface area contributed by atoms with Gasteiger partial charge < -0.3 is 15.8 Å². The van der Waals surface area contributed by atoms with E-state index in [4.69, 9.17) is 10.5 Å². The van der Waals surface area contributed by atoms with Gasteiger partial charge in [-0.15, -0.1) is 0 Å². The lowest BCUT2D eigenvalue weighted by molar-refractivity contribution is -0.137. The summed E-state index contributed by atoms with van der Waals surface area (Å²) in [4.78, 5) is 19.3. The van der Waals surface area contributed by atoms with Gasteiger partial charge in [0.05, 0.1) is 12.3 Å². The summed E-state index contributed by atoms with van der Waals surface area (Å²) < 4.78 is 4.79. The summed E-state index contributed by atoms with van der Waals surface area (Å²) in [6, 6.07) is 1.74. The number of esters is 1. The largest absolute Gasteiger partial charge is 0.463 e. The summed E-state index contributed by atoms with van der Waals surface area (Å²) in [5.41, 5.74) is 6.19. The standard InChI is InChI=1S/C13H20N4O2/c1-3-5-8-15-11-9-10(16-13(14)17-11)6-7-12(18)19-4-2/h6-7,9H,3-5,8H2,1-2H3,(H3,14,15,16,17)/b7-6+. The number of nitrogens with one attached hydrogen (secondary N) is 1. The predicted octanol–water partition coefficient (Wildman–Crippen LogP) is 1.85. The highest BCUT2D eigenvalue weighted by Gasteiger charge is 2.01. The predicted molar refractivity (Wildman–Crippen MR) is 75.5 cm³/mol. The lowest BCUT2D eigenvalue weighted by Crippen LogP contribution is -2.06. The van der Waals surface area contributed by atoms with Crippen molar-refractivity contribution in [2.24, 2.45) is 0 Å². The van der Waals surface area contributed by atoms with E-state index in [0.29, 0.717) is 18.1 Å². The number of carbonyl (C=O) groups is 1. The van der Waals surface area contributed by atoms with Gasteiger partial charge in [0.15, 0.2) is 0 Å². The number of nitrogens with two attached hydrogens (primary N) is 1. The van der Waals surface area contributed by atoms with Gasteiger partial charge in [-0.25, -0.2) is 9.78 Å². The molecule has 0 aliphatic carbocycles. The van der Waals surface area contributed by atoms with Crippen molar-refractivity contribution in [3.05, 3.63) is 17.8 Å². The minimum Gasteiger partial charge on any atom is -0.463 e. The first-order valence-electron chi connectivity index (χ1n) is 6.39. The molecule has 6 nitrogen and oxygen atoms in total. The fourth-order valence-electron chi connectivity index (χ4n) is 1.40. The molecular formula is C13H20N4O2. The van der Waals surface area contributed by atoms with Crippen molar-refractivity contribution in [1.82, 2.24) is 9.97 Å². The number of carbonyl (C=O) groups excluding carboxylic acids is 1. The summed E-state index contributed by atoms with van der Waals surface area (Å²) >= 11 is 0. The number of hydrogen-bond acceptors (Lipinski definition) is 6. The molecule has 0 aliphatic heterocycles. The maximum absolute atomic E-state index is 11.2. The van der Waals surface area contributed by atoms with Gasteiger partial charge in [0.25, 0.3) is 0 Å². The molecule has 3 N–H and O–H groups in total. The van der Waals surface area contributed by atoms with E-state index in [2.05, 4.69) is 22.2 Å². The van der Waals surface area contributed by atoms with Gasteiger partial charge >= 0.3 is 5.97 Å². The molecule has 1 heterocycles. The highest BCUT2D eigenvalue weighted by atomic mass is 16.5. The highest BCUT2D eigenvalue weighted by molar-refractivity contribution is 5.86. The van der Waals surface area contributed by atoms with E-state index in [9.17, 15) is 4.79 Å². The number of unbranched alkanes of at least 4 members (excludes halogenated alkanes) is 1. The minimum atomic E-state index is -0.403. The third-order valence-corrected chi connectivity index (χ3v) is 2.28. The van der Waals surface area contributed by atoms with Crippen LogP contribution >= 0.6 is 0 Å². The first-order chi connectivity index (χ1) is 9.15. The second-order valence-electron chi connectivity index (χ2n) is 3.90. The van der Waals surface area contributed by atoms with Crippen LogP contribution in [0.2, 0.25) is 0 Å². The molecule has 6 heteroatoms. The molecule has 0 saturated carbocycles. The average molecular weight is 264 g/mol. The fourth-order valence-corrected chi connectivity index (χ4v) is 1.40. The van der Waals surface area contributed by atoms with Crippen LogP contribution in [0, 0.1) is 0 Å². The number of hydrogen-bond donors (Lipinski definition) is 2. The van der Waals surface area contributed by atoms with E-state index in [-0.39, 0.29) is 5.95 Å². The van der Waals surface area contributed by atoms with Crippen molar-refractivity contribution in [2.75, 3.05) is 24.2 Å². The van der Waals surface area contributed by atoms with E-state index in [1.54, 1.807) is 19.1 Å². The molecule has 0 unspecified atom stereocenters. The summed E-state index contributed by atoms with van der Waals surface area (Å²) in [7, 11) is 0. The summed E-state index contributed by atoms with van der Waals surface area (Å²) in [5, 5.41) is 3.16. The molecule has 0 fully saturated rings. The van der Waals surface area contributed by atoms with Crippen LogP contribution < -0.4 is 11.1 Å². The van der Waals surface area contributed by atoms with Crippen molar-refractivity contribution in [3.8, 4) is 0 Å². The number of nitrogen functional groups attached to an aromatic ring is 1. The number of ether oxygens (including phenoxy) is 1. The zero-order valence-electron chi connectivity index (χ0n) is 11.3. The van der Waals surface area contributed by atoms with Crippen LogP contribution in [0.4, 0.5) is 11.8 Å². The van der Waals surface area contributed by atoms with Crippen molar-refractivity contribution in [1.29, 1.82) is 0 Å². The molecule has 0 bridgehead atoms. The average Bonchev–Trinajstić information content (AvgIpc) is 2.37. The second kappa shape index (κ2) is 8.07. The maximum Gasteiger partial charge on any atom is 0.330 e. The molecule has 0 aliphatic rings. The van der Waals surface area contributed by atoms with Crippen molar-refractivity contribution in [2.45, 2.75) is 26.7 Å². The SMILES string of the molecule is CCCCNc1cc(/C=C/C(=O)OCC)nc(N)n1. The van der Waals surface area contributed by atoms with Crippen LogP contribution in [0.1, 0.15) is 32.4 Å². The van der Waals surface area contributed by atoms with Crippen LogP contribution in [0.3, 0.4) is 0 Å². The molecule has 0 amide bonds. The molecule has 1 aromatic heterocycles. The van der Waals surface area contributed by atoms with Gasteiger partial charge in [0, 0.05) is 18.7 Å². The van der Waals surface area contributed by atoms with Gasteiger partial charge in [-0.05, 0) is 19.4 Å².